The average molecular weight is 214 g/mol. The Morgan fingerprint density at radius 1 is 1.31 bits per heavy atom. The van der Waals surface area contributed by atoms with Crippen molar-refractivity contribution in [2.75, 3.05) is 20.1 Å². The van der Waals surface area contributed by atoms with Crippen molar-refractivity contribution in [2.24, 2.45) is 0 Å². The Labute approximate surface area is 96.3 Å². The molecule has 84 valence electrons. The molecule has 16 heavy (non-hydrogen) atoms. The highest BCUT2D eigenvalue weighted by Crippen LogP contribution is 2.31. The molecule has 1 N–H and O–H groups in total. The molecule has 2 nitrogen and oxygen atoms in total. The van der Waals surface area contributed by atoms with Crippen molar-refractivity contribution in [3.63, 3.8) is 0 Å². The van der Waals surface area contributed by atoms with Gasteiger partial charge in [0.2, 0.25) is 0 Å². The summed E-state index contributed by atoms with van der Waals surface area (Å²) in [5.74, 6) is 0.704. The summed E-state index contributed by atoms with van der Waals surface area (Å²) in [5.41, 5.74) is 2.77. The molecule has 0 radical (unpaired) electrons. The minimum atomic E-state index is 0.704. The van der Waals surface area contributed by atoms with Crippen molar-refractivity contribution in [1.82, 2.24) is 9.88 Å². The van der Waals surface area contributed by atoms with Gasteiger partial charge in [0.05, 0.1) is 0 Å². The maximum atomic E-state index is 3.38. The fraction of sp³-hybridized carbons (Fsp3) is 0.429. The second-order valence-corrected chi connectivity index (χ2v) is 4.89. The van der Waals surface area contributed by atoms with Gasteiger partial charge in [0.15, 0.2) is 0 Å². The van der Waals surface area contributed by atoms with Gasteiger partial charge in [-0.25, -0.2) is 0 Å². The first kappa shape index (κ1) is 9.91. The zero-order valence-corrected chi connectivity index (χ0v) is 9.74. The Morgan fingerprint density at radius 3 is 3.06 bits per heavy atom. The number of piperidine rings is 1. The smallest absolute Gasteiger partial charge is 0.0456 e. The number of hydrogen-bond donors (Lipinski definition) is 1. The standard InChI is InChI=1S/C14H18N2/c1-16-8-4-5-11(10-16)13-9-15-14-7-3-2-6-12(13)14/h2-3,6-7,9,11,15H,4-5,8,10H2,1H3. The molecule has 1 aromatic heterocycles. The van der Waals surface area contributed by atoms with Crippen molar-refractivity contribution in [3.05, 3.63) is 36.0 Å². The third-order valence-electron chi connectivity index (χ3n) is 3.69. The second kappa shape index (κ2) is 3.95. The molecule has 1 aromatic carbocycles. The first-order chi connectivity index (χ1) is 7.84. The predicted octanol–water partition coefficient (Wildman–Crippen LogP) is 2.98. The number of hydrogen-bond acceptors (Lipinski definition) is 1. The van der Waals surface area contributed by atoms with Gasteiger partial charge in [0.1, 0.15) is 0 Å². The Morgan fingerprint density at radius 2 is 2.19 bits per heavy atom. The molecule has 2 aromatic rings. The van der Waals surface area contributed by atoms with Gasteiger partial charge in [-0.05, 0) is 44.0 Å². The quantitative estimate of drug-likeness (QED) is 0.773. The summed E-state index contributed by atoms with van der Waals surface area (Å²) < 4.78 is 0. The summed E-state index contributed by atoms with van der Waals surface area (Å²) in [4.78, 5) is 5.82. The first-order valence-corrected chi connectivity index (χ1v) is 6.09. The summed E-state index contributed by atoms with van der Waals surface area (Å²) in [5, 5.41) is 1.41. The van der Waals surface area contributed by atoms with Gasteiger partial charge in [0.25, 0.3) is 0 Å². The Hall–Kier alpha value is -1.28. The molecule has 1 aliphatic heterocycles. The fourth-order valence-electron chi connectivity index (χ4n) is 2.85. The number of likely N-dealkylation sites (tertiary alicyclic amines) is 1. The molecule has 1 saturated heterocycles. The summed E-state index contributed by atoms with van der Waals surface area (Å²) in [7, 11) is 2.22. The van der Waals surface area contributed by atoms with E-state index in [1.807, 2.05) is 0 Å². The molecule has 0 bridgehead atoms. The van der Waals surface area contributed by atoms with Gasteiger partial charge in [-0.2, -0.15) is 0 Å². The van der Waals surface area contributed by atoms with E-state index in [1.54, 1.807) is 0 Å². The van der Waals surface area contributed by atoms with E-state index in [-0.39, 0.29) is 0 Å². The molecule has 0 spiro atoms. The second-order valence-electron chi connectivity index (χ2n) is 4.89. The van der Waals surface area contributed by atoms with E-state index in [9.17, 15) is 0 Å². The highest BCUT2D eigenvalue weighted by molar-refractivity contribution is 5.83. The van der Waals surface area contributed by atoms with E-state index in [0.717, 1.165) is 0 Å². The van der Waals surface area contributed by atoms with Crippen LogP contribution in [0.2, 0.25) is 0 Å². The normalized spacial score (nSPS) is 22.7. The topological polar surface area (TPSA) is 19.0 Å². The van der Waals surface area contributed by atoms with Crippen molar-refractivity contribution < 1.29 is 0 Å². The van der Waals surface area contributed by atoms with E-state index >= 15 is 0 Å². The van der Waals surface area contributed by atoms with Crippen LogP contribution in [0.4, 0.5) is 0 Å². The van der Waals surface area contributed by atoms with Crippen LogP contribution in [0, 0.1) is 0 Å². The number of aromatic nitrogens is 1. The van der Waals surface area contributed by atoms with Gasteiger partial charge in [-0.1, -0.05) is 18.2 Å². The lowest BCUT2D eigenvalue weighted by Gasteiger charge is -2.29. The number of nitrogens with zero attached hydrogens (tertiary/aromatic N) is 1. The Kier molecular flexibility index (Phi) is 2.44. The molecule has 0 amide bonds. The van der Waals surface area contributed by atoms with Gasteiger partial charge in [0, 0.05) is 23.6 Å². The van der Waals surface area contributed by atoms with Crippen LogP contribution >= 0.6 is 0 Å². The Bertz CT molecular complexity index is 486. The van der Waals surface area contributed by atoms with Gasteiger partial charge in [-0.15, -0.1) is 0 Å². The summed E-state index contributed by atoms with van der Waals surface area (Å²) in [6, 6.07) is 8.61. The van der Waals surface area contributed by atoms with Crippen molar-refractivity contribution >= 4 is 10.9 Å². The zero-order valence-electron chi connectivity index (χ0n) is 9.74. The van der Waals surface area contributed by atoms with Gasteiger partial charge < -0.3 is 9.88 Å². The number of nitrogens with one attached hydrogen (secondary N) is 1. The average Bonchev–Trinajstić information content (AvgIpc) is 2.72. The minimum Gasteiger partial charge on any atom is -0.361 e. The largest absolute Gasteiger partial charge is 0.361 e. The SMILES string of the molecule is CN1CCCC(c2c[nH]c3ccccc23)C1. The van der Waals surface area contributed by atoms with Crippen molar-refractivity contribution in [2.45, 2.75) is 18.8 Å². The monoisotopic (exact) mass is 214 g/mol. The van der Waals surface area contributed by atoms with Gasteiger partial charge in [-0.3, -0.25) is 0 Å². The van der Waals surface area contributed by atoms with Crippen LogP contribution in [-0.4, -0.2) is 30.0 Å². The molecule has 0 saturated carbocycles. The number of likely N-dealkylation sites (N-methyl/N-ethyl adjacent to an activating group) is 1. The predicted molar refractivity (Wildman–Crippen MR) is 67.8 cm³/mol. The fourth-order valence-corrected chi connectivity index (χ4v) is 2.85. The van der Waals surface area contributed by atoms with E-state index in [4.69, 9.17) is 0 Å². The molecule has 0 aliphatic carbocycles. The van der Waals surface area contributed by atoms with E-state index in [1.165, 1.54) is 42.4 Å². The first-order valence-electron chi connectivity index (χ1n) is 6.09. The molecule has 1 fully saturated rings. The van der Waals surface area contributed by atoms with Gasteiger partial charge >= 0.3 is 0 Å². The number of fused-ring (bicyclic) bond motifs is 1. The van der Waals surface area contributed by atoms with Crippen LogP contribution in [0.1, 0.15) is 24.3 Å². The maximum absolute atomic E-state index is 3.38. The van der Waals surface area contributed by atoms with Crippen LogP contribution in [0.15, 0.2) is 30.5 Å². The number of rotatable bonds is 1. The third-order valence-corrected chi connectivity index (χ3v) is 3.69. The highest BCUT2D eigenvalue weighted by atomic mass is 15.1. The Balaban J connectivity index is 1.99. The van der Waals surface area contributed by atoms with E-state index in [0.29, 0.717) is 5.92 Å². The third kappa shape index (κ3) is 1.63. The lowest BCUT2D eigenvalue weighted by atomic mass is 9.91. The molecule has 1 atom stereocenters. The lowest BCUT2D eigenvalue weighted by molar-refractivity contribution is 0.251. The lowest BCUT2D eigenvalue weighted by Crippen LogP contribution is -2.30. The minimum absolute atomic E-state index is 0.704. The highest BCUT2D eigenvalue weighted by Gasteiger charge is 2.21. The summed E-state index contributed by atoms with van der Waals surface area (Å²) >= 11 is 0. The van der Waals surface area contributed by atoms with Crippen LogP contribution in [0.3, 0.4) is 0 Å². The number of para-hydroxylation sites is 1. The van der Waals surface area contributed by atoms with Crippen molar-refractivity contribution in [1.29, 1.82) is 0 Å². The molecule has 1 aliphatic rings. The van der Waals surface area contributed by atoms with Crippen LogP contribution < -0.4 is 0 Å². The molecule has 2 heterocycles. The number of benzene rings is 1. The van der Waals surface area contributed by atoms with Crippen molar-refractivity contribution in [3.8, 4) is 0 Å². The van der Waals surface area contributed by atoms with Crippen LogP contribution in [0.5, 0.6) is 0 Å². The summed E-state index contributed by atoms with van der Waals surface area (Å²) in [6.07, 6.45) is 4.85. The summed E-state index contributed by atoms with van der Waals surface area (Å²) in [6.45, 7) is 2.45. The van der Waals surface area contributed by atoms with E-state index in [2.05, 4.69) is 47.4 Å². The van der Waals surface area contributed by atoms with Crippen LogP contribution in [0.25, 0.3) is 10.9 Å². The zero-order chi connectivity index (χ0) is 11.0. The maximum Gasteiger partial charge on any atom is 0.0456 e. The molecule has 2 heteroatoms. The number of aromatic amines is 1. The van der Waals surface area contributed by atoms with E-state index < -0.39 is 0 Å². The molecule has 1 unspecified atom stereocenters. The molecule has 3 rings (SSSR count). The van der Waals surface area contributed by atoms with Crippen LogP contribution in [-0.2, 0) is 0 Å². The number of H-pyrrole nitrogens is 1. The molecular formula is C14H18N2. The molecular weight excluding hydrogens is 196 g/mol.